The van der Waals surface area contributed by atoms with Gasteiger partial charge in [-0.1, -0.05) is 17.4 Å². The summed E-state index contributed by atoms with van der Waals surface area (Å²) in [6.07, 6.45) is -0.682. The van der Waals surface area contributed by atoms with Crippen LogP contribution in [0.5, 0.6) is 0 Å². The molecular weight excluding hydrogens is 555 g/mol. The average molecular weight is 578 g/mol. The van der Waals surface area contributed by atoms with E-state index < -0.39 is 33.7 Å². The smallest absolute Gasteiger partial charge is 0.291 e. The standard InChI is InChI=1S/C23H22F3N9O2S2/c1-33-6-7-34(10-13(33)9-24)19-17-15-3-2-14(39(36,37)32-23(11-27)4-5-23)8-16(15)35(20(17)29-12-28-19)22-31-30-21(38-22)18(25)26/h2-3,8,12-13,18,32H,4-7,9-10H2,1H3/t13-/m0/s1. The van der Waals surface area contributed by atoms with Crippen LogP contribution in [0.15, 0.2) is 29.4 Å². The zero-order valence-electron chi connectivity index (χ0n) is 20.6. The molecule has 1 atom stereocenters. The van der Waals surface area contributed by atoms with Gasteiger partial charge in [0.25, 0.3) is 6.43 Å². The normalized spacial score (nSPS) is 19.7. The lowest BCUT2D eigenvalue weighted by molar-refractivity contribution is 0.150. The highest BCUT2D eigenvalue weighted by molar-refractivity contribution is 7.89. The molecule has 16 heteroatoms. The fourth-order valence-electron chi connectivity index (χ4n) is 4.79. The Morgan fingerprint density at radius 3 is 2.72 bits per heavy atom. The lowest BCUT2D eigenvalue weighted by Crippen LogP contribution is -2.52. The summed E-state index contributed by atoms with van der Waals surface area (Å²) in [5.41, 5.74) is -0.468. The first-order valence-corrected chi connectivity index (χ1v) is 14.3. The van der Waals surface area contributed by atoms with Crippen LogP contribution in [0, 0.1) is 11.3 Å². The van der Waals surface area contributed by atoms with E-state index in [0.717, 1.165) is 0 Å². The highest BCUT2D eigenvalue weighted by Gasteiger charge is 2.47. The number of benzene rings is 1. The van der Waals surface area contributed by atoms with Crippen LogP contribution in [-0.4, -0.2) is 83.0 Å². The fraction of sp³-hybridized carbons (Fsp3) is 0.435. The number of sulfonamides is 1. The molecule has 3 aromatic heterocycles. The quantitative estimate of drug-likeness (QED) is 0.352. The minimum absolute atomic E-state index is 0.0770. The van der Waals surface area contributed by atoms with Gasteiger partial charge >= 0.3 is 0 Å². The van der Waals surface area contributed by atoms with Crippen LogP contribution in [0.2, 0.25) is 0 Å². The fourth-order valence-corrected chi connectivity index (χ4v) is 6.90. The molecule has 0 unspecified atom stereocenters. The van der Waals surface area contributed by atoms with Crippen LogP contribution in [0.1, 0.15) is 24.3 Å². The van der Waals surface area contributed by atoms with Gasteiger partial charge in [0.1, 0.15) is 24.4 Å². The summed E-state index contributed by atoms with van der Waals surface area (Å²) < 4.78 is 70.8. The van der Waals surface area contributed by atoms with Gasteiger partial charge in [0.05, 0.1) is 27.9 Å². The molecule has 0 radical (unpaired) electrons. The van der Waals surface area contributed by atoms with Crippen LogP contribution < -0.4 is 9.62 Å². The molecule has 2 aliphatic rings. The molecule has 1 N–H and O–H groups in total. The van der Waals surface area contributed by atoms with E-state index in [1.807, 2.05) is 22.9 Å². The number of nitriles is 1. The van der Waals surface area contributed by atoms with Crippen LogP contribution in [-0.2, 0) is 10.0 Å². The van der Waals surface area contributed by atoms with Gasteiger partial charge in [-0.05, 0) is 32.0 Å². The molecule has 39 heavy (non-hydrogen) atoms. The summed E-state index contributed by atoms with van der Waals surface area (Å²) in [4.78, 5) is 12.7. The molecule has 0 bridgehead atoms. The SMILES string of the molecule is CN1CCN(c2ncnc3c2c2ccc(S(=O)(=O)NC4(C#N)CC4)cc2n3-c2nnc(C(F)F)s2)C[C@@H]1CF. The van der Waals surface area contributed by atoms with Gasteiger partial charge in [0.2, 0.25) is 15.2 Å². The lowest BCUT2D eigenvalue weighted by atomic mass is 10.1. The molecule has 4 heterocycles. The van der Waals surface area contributed by atoms with E-state index in [9.17, 15) is 26.9 Å². The van der Waals surface area contributed by atoms with Gasteiger partial charge < -0.3 is 4.90 Å². The number of nitrogens with zero attached hydrogens (tertiary/aromatic N) is 8. The van der Waals surface area contributed by atoms with Crippen molar-refractivity contribution in [2.75, 3.05) is 38.3 Å². The molecule has 1 saturated heterocycles. The minimum Gasteiger partial charge on any atom is -0.353 e. The van der Waals surface area contributed by atoms with Crippen molar-refractivity contribution in [3.05, 3.63) is 29.5 Å². The maximum absolute atomic E-state index is 13.7. The van der Waals surface area contributed by atoms with Crippen molar-refractivity contribution in [1.82, 2.24) is 34.4 Å². The van der Waals surface area contributed by atoms with Crippen molar-refractivity contribution in [2.24, 2.45) is 0 Å². The zero-order valence-corrected chi connectivity index (χ0v) is 22.2. The Morgan fingerprint density at radius 2 is 2.05 bits per heavy atom. The maximum atomic E-state index is 13.7. The number of hydrogen-bond acceptors (Lipinski definition) is 10. The second-order valence-electron chi connectivity index (χ2n) is 9.67. The Hall–Kier alpha value is -3.39. The van der Waals surface area contributed by atoms with Crippen molar-refractivity contribution in [3.8, 4) is 11.2 Å². The number of fused-ring (bicyclic) bond motifs is 3. The maximum Gasteiger partial charge on any atom is 0.291 e. The molecular formula is C23H22F3N9O2S2. The van der Waals surface area contributed by atoms with Crippen LogP contribution in [0.25, 0.3) is 27.1 Å². The Labute approximate surface area is 224 Å². The highest BCUT2D eigenvalue weighted by Crippen LogP contribution is 2.40. The van der Waals surface area contributed by atoms with Gasteiger partial charge in [0, 0.05) is 25.0 Å². The average Bonchev–Trinajstić information content (AvgIpc) is 3.36. The first-order chi connectivity index (χ1) is 18.7. The summed E-state index contributed by atoms with van der Waals surface area (Å²) in [7, 11) is -2.23. The predicted molar refractivity (Wildman–Crippen MR) is 137 cm³/mol. The molecule has 1 saturated carbocycles. The summed E-state index contributed by atoms with van der Waals surface area (Å²) in [6.45, 7) is 0.990. The van der Waals surface area contributed by atoms with E-state index in [-0.39, 0.29) is 16.1 Å². The highest BCUT2D eigenvalue weighted by atomic mass is 32.2. The number of nitrogens with one attached hydrogen (secondary N) is 1. The third kappa shape index (κ3) is 4.39. The monoisotopic (exact) mass is 577 g/mol. The van der Waals surface area contributed by atoms with E-state index in [4.69, 9.17) is 0 Å². The first kappa shape index (κ1) is 25.9. The van der Waals surface area contributed by atoms with Gasteiger partial charge in [-0.25, -0.2) is 31.6 Å². The number of hydrogen-bond donors (Lipinski definition) is 1. The van der Waals surface area contributed by atoms with E-state index in [2.05, 4.69) is 24.9 Å². The van der Waals surface area contributed by atoms with Gasteiger partial charge in [-0.3, -0.25) is 9.47 Å². The second-order valence-corrected chi connectivity index (χ2v) is 12.3. The van der Waals surface area contributed by atoms with Crippen LogP contribution >= 0.6 is 11.3 Å². The Bertz CT molecular complexity index is 1730. The third-order valence-electron chi connectivity index (χ3n) is 7.17. The number of aromatic nitrogens is 5. The van der Waals surface area contributed by atoms with Crippen molar-refractivity contribution >= 4 is 49.1 Å². The topological polar surface area (TPSA) is 133 Å². The molecule has 2 fully saturated rings. The van der Waals surface area contributed by atoms with Crippen molar-refractivity contribution in [3.63, 3.8) is 0 Å². The lowest BCUT2D eigenvalue weighted by Gasteiger charge is -2.38. The third-order valence-corrected chi connectivity index (χ3v) is 9.61. The van der Waals surface area contributed by atoms with Crippen molar-refractivity contribution in [1.29, 1.82) is 5.26 Å². The molecule has 0 spiro atoms. The van der Waals surface area contributed by atoms with E-state index in [1.165, 1.54) is 23.0 Å². The molecule has 204 valence electrons. The molecule has 1 aliphatic heterocycles. The minimum atomic E-state index is -4.08. The number of halogens is 3. The summed E-state index contributed by atoms with van der Waals surface area (Å²) in [5, 5.41) is 17.6. The number of likely N-dealkylation sites (N-methyl/N-ethyl adjacent to an activating group) is 1. The number of piperazine rings is 1. The summed E-state index contributed by atoms with van der Waals surface area (Å²) >= 11 is 0.663. The Balaban J connectivity index is 1.57. The van der Waals surface area contributed by atoms with Gasteiger partial charge in [-0.2, -0.15) is 9.98 Å². The molecule has 4 aromatic rings. The Kier molecular flexibility index (Phi) is 6.21. The van der Waals surface area contributed by atoms with Gasteiger partial charge in [-0.15, -0.1) is 10.2 Å². The second kappa shape index (κ2) is 9.37. The van der Waals surface area contributed by atoms with Crippen molar-refractivity contribution < 1.29 is 21.6 Å². The first-order valence-electron chi connectivity index (χ1n) is 12.0. The summed E-state index contributed by atoms with van der Waals surface area (Å²) in [5.74, 6) is 0.518. The van der Waals surface area contributed by atoms with Gasteiger partial charge in [0.15, 0.2) is 10.7 Å². The zero-order chi connectivity index (χ0) is 27.5. The number of rotatable bonds is 7. The molecule has 1 aliphatic carbocycles. The molecule has 6 rings (SSSR count). The molecule has 1 aromatic carbocycles. The van der Waals surface area contributed by atoms with Crippen molar-refractivity contribution in [2.45, 2.75) is 35.7 Å². The molecule has 0 amide bonds. The Morgan fingerprint density at radius 1 is 1.26 bits per heavy atom. The van der Waals surface area contributed by atoms with Crippen LogP contribution in [0.3, 0.4) is 0 Å². The van der Waals surface area contributed by atoms with E-state index in [1.54, 1.807) is 6.07 Å². The summed E-state index contributed by atoms with van der Waals surface area (Å²) in [6, 6.07) is 6.07. The number of alkyl halides is 3. The molecule has 11 nitrogen and oxygen atoms in total. The van der Waals surface area contributed by atoms with E-state index in [0.29, 0.717) is 71.6 Å². The predicted octanol–water partition coefficient (Wildman–Crippen LogP) is 2.79. The van der Waals surface area contributed by atoms with E-state index >= 15 is 0 Å². The number of anilines is 1. The van der Waals surface area contributed by atoms with Crippen LogP contribution in [0.4, 0.5) is 19.0 Å². The largest absolute Gasteiger partial charge is 0.353 e.